The molecule has 1 aromatic rings. The van der Waals surface area contributed by atoms with Gasteiger partial charge in [-0.3, -0.25) is 4.79 Å². The summed E-state index contributed by atoms with van der Waals surface area (Å²) < 4.78 is 35.9. The van der Waals surface area contributed by atoms with Gasteiger partial charge in [-0.25, -0.2) is 17.9 Å². The summed E-state index contributed by atoms with van der Waals surface area (Å²) in [4.78, 5) is 11.7. The molecule has 1 amide bonds. The van der Waals surface area contributed by atoms with E-state index in [-0.39, 0.29) is 10.6 Å². The molecule has 0 aromatic heterocycles. The van der Waals surface area contributed by atoms with Crippen LogP contribution in [0.3, 0.4) is 0 Å². The number of carbonyl (C=O) groups is 1. The molecule has 5 nitrogen and oxygen atoms in total. The third-order valence-corrected chi connectivity index (χ3v) is 3.96. The number of hydrogen-bond donors (Lipinski definition) is 2. The highest BCUT2D eigenvalue weighted by molar-refractivity contribution is 7.89. The Kier molecular flexibility index (Phi) is 4.32. The molecule has 0 atom stereocenters. The van der Waals surface area contributed by atoms with E-state index < -0.39 is 27.2 Å². The van der Waals surface area contributed by atoms with Crippen LogP contribution in [0.4, 0.5) is 10.1 Å². The highest BCUT2D eigenvalue weighted by atomic mass is 32.2. The zero-order chi connectivity index (χ0) is 14.8. The van der Waals surface area contributed by atoms with Gasteiger partial charge in [0, 0.05) is 5.41 Å². The second kappa shape index (κ2) is 5.26. The molecule has 0 bridgehead atoms. The van der Waals surface area contributed by atoms with Crippen LogP contribution < -0.4 is 10.5 Å². The van der Waals surface area contributed by atoms with Crippen molar-refractivity contribution >= 4 is 21.6 Å². The first kappa shape index (κ1) is 15.6. The molecule has 7 heteroatoms. The van der Waals surface area contributed by atoms with Crippen LogP contribution in [0, 0.1) is 11.2 Å². The molecule has 3 N–H and O–H groups in total. The Bertz CT molecular complexity index is 597. The van der Waals surface area contributed by atoms with Crippen molar-refractivity contribution in [3.05, 3.63) is 24.0 Å². The quantitative estimate of drug-likeness (QED) is 0.886. The largest absolute Gasteiger partial charge is 0.324 e. The predicted molar refractivity (Wildman–Crippen MR) is 70.5 cm³/mol. The van der Waals surface area contributed by atoms with E-state index in [0.29, 0.717) is 6.42 Å². The summed E-state index contributed by atoms with van der Waals surface area (Å²) in [5, 5.41) is 7.43. The topological polar surface area (TPSA) is 89.3 Å². The summed E-state index contributed by atoms with van der Waals surface area (Å²) in [6.45, 7) is 5.24. The van der Waals surface area contributed by atoms with Crippen LogP contribution in [0.15, 0.2) is 23.1 Å². The lowest BCUT2D eigenvalue weighted by molar-refractivity contribution is -0.124. The number of nitrogens with one attached hydrogen (secondary N) is 1. The van der Waals surface area contributed by atoms with E-state index >= 15 is 0 Å². The first-order valence-electron chi connectivity index (χ1n) is 5.71. The zero-order valence-corrected chi connectivity index (χ0v) is 11.8. The summed E-state index contributed by atoms with van der Waals surface area (Å²) in [5.41, 5.74) is -0.837. The van der Waals surface area contributed by atoms with Crippen molar-refractivity contribution in [2.45, 2.75) is 32.1 Å². The molecule has 0 saturated carbocycles. The molecule has 106 valence electrons. The molecule has 1 rings (SSSR count). The second-order valence-electron chi connectivity index (χ2n) is 4.88. The lowest BCUT2D eigenvalue weighted by Crippen LogP contribution is -2.31. The van der Waals surface area contributed by atoms with Gasteiger partial charge in [0.1, 0.15) is 10.7 Å². The van der Waals surface area contributed by atoms with Gasteiger partial charge >= 0.3 is 0 Å². The average molecular weight is 288 g/mol. The molecule has 1 aromatic carbocycles. The van der Waals surface area contributed by atoms with Gasteiger partial charge in [0.25, 0.3) is 0 Å². The zero-order valence-electron chi connectivity index (χ0n) is 11.0. The Labute approximate surface area is 112 Å². The molecule has 0 radical (unpaired) electrons. The van der Waals surface area contributed by atoms with E-state index in [0.717, 1.165) is 18.2 Å². The molecular weight excluding hydrogens is 271 g/mol. The summed E-state index contributed by atoms with van der Waals surface area (Å²) >= 11 is 0. The Balaban J connectivity index is 3.21. The van der Waals surface area contributed by atoms with Crippen molar-refractivity contribution in [3.8, 4) is 0 Å². The number of hydrogen-bond acceptors (Lipinski definition) is 3. The van der Waals surface area contributed by atoms with Crippen LogP contribution in [0.25, 0.3) is 0 Å². The number of anilines is 1. The normalized spacial score (nSPS) is 12.3. The number of rotatable bonds is 4. The molecule has 0 aliphatic rings. The van der Waals surface area contributed by atoms with Gasteiger partial charge < -0.3 is 5.32 Å². The lowest BCUT2D eigenvalue weighted by Gasteiger charge is -2.22. The fourth-order valence-corrected chi connectivity index (χ4v) is 1.97. The molecule has 0 saturated heterocycles. The molecule has 0 spiro atoms. The molecule has 0 aliphatic carbocycles. The van der Waals surface area contributed by atoms with Gasteiger partial charge in [-0.05, 0) is 24.6 Å². The number of nitrogens with two attached hydrogens (primary N) is 1. The molecule has 19 heavy (non-hydrogen) atoms. The molecule has 0 aliphatic heterocycles. The Hall–Kier alpha value is -1.47. The van der Waals surface area contributed by atoms with Crippen LogP contribution in [0.5, 0.6) is 0 Å². The summed E-state index contributed by atoms with van der Waals surface area (Å²) in [6.07, 6.45) is 0.554. The van der Waals surface area contributed by atoms with E-state index in [2.05, 4.69) is 5.32 Å². The molecule has 0 heterocycles. The molecular formula is C12H17FN2O3S. The van der Waals surface area contributed by atoms with Gasteiger partial charge in [-0.1, -0.05) is 20.8 Å². The average Bonchev–Trinajstić information content (AvgIpc) is 2.27. The number of halogens is 1. The fraction of sp³-hybridized carbons (Fsp3) is 0.417. The minimum Gasteiger partial charge on any atom is -0.324 e. The van der Waals surface area contributed by atoms with Crippen molar-refractivity contribution in [1.29, 1.82) is 0 Å². The van der Waals surface area contributed by atoms with Crippen molar-refractivity contribution in [2.75, 3.05) is 5.32 Å². The number of sulfonamides is 1. The smallest absolute Gasteiger partial charge is 0.240 e. The van der Waals surface area contributed by atoms with E-state index in [1.807, 2.05) is 6.92 Å². The SMILES string of the molecule is CCC(C)(C)C(=O)Nc1cc(F)ccc1S(N)(=O)=O. The number of benzene rings is 1. The van der Waals surface area contributed by atoms with Gasteiger partial charge in [-0.15, -0.1) is 0 Å². The highest BCUT2D eigenvalue weighted by Crippen LogP contribution is 2.26. The molecule has 0 fully saturated rings. The monoisotopic (exact) mass is 288 g/mol. The van der Waals surface area contributed by atoms with Crippen molar-refractivity contribution in [2.24, 2.45) is 10.6 Å². The van der Waals surface area contributed by atoms with Crippen molar-refractivity contribution in [3.63, 3.8) is 0 Å². The first-order chi connectivity index (χ1) is 8.58. The maximum absolute atomic E-state index is 13.2. The predicted octanol–water partition coefficient (Wildman–Crippen LogP) is 1.85. The summed E-state index contributed by atoms with van der Waals surface area (Å²) in [6, 6.07) is 2.93. The van der Waals surface area contributed by atoms with Crippen LogP contribution in [0.1, 0.15) is 27.2 Å². The van der Waals surface area contributed by atoms with Crippen LogP contribution in [0.2, 0.25) is 0 Å². The number of amides is 1. The molecule has 0 unspecified atom stereocenters. The fourth-order valence-electron chi connectivity index (χ4n) is 1.30. The Morgan fingerprint density at radius 2 is 2.00 bits per heavy atom. The third-order valence-electron chi connectivity index (χ3n) is 2.99. The van der Waals surface area contributed by atoms with Crippen molar-refractivity contribution < 1.29 is 17.6 Å². The standard InChI is InChI=1S/C12H17FN2O3S/c1-4-12(2,3)11(16)15-9-7-8(13)5-6-10(9)19(14,17)18/h5-7H,4H2,1-3H3,(H,15,16)(H2,14,17,18). The second-order valence-corrected chi connectivity index (χ2v) is 6.41. The van der Waals surface area contributed by atoms with Gasteiger partial charge in [0.05, 0.1) is 5.69 Å². The Morgan fingerprint density at radius 1 is 1.42 bits per heavy atom. The summed E-state index contributed by atoms with van der Waals surface area (Å²) in [7, 11) is -4.03. The highest BCUT2D eigenvalue weighted by Gasteiger charge is 2.27. The van der Waals surface area contributed by atoms with E-state index in [9.17, 15) is 17.6 Å². The maximum Gasteiger partial charge on any atom is 0.240 e. The van der Waals surface area contributed by atoms with Crippen LogP contribution in [-0.4, -0.2) is 14.3 Å². The van der Waals surface area contributed by atoms with E-state index in [4.69, 9.17) is 5.14 Å². The van der Waals surface area contributed by atoms with Crippen LogP contribution >= 0.6 is 0 Å². The number of primary sulfonamides is 1. The minimum atomic E-state index is -4.03. The number of carbonyl (C=O) groups excluding carboxylic acids is 1. The van der Waals surface area contributed by atoms with Crippen molar-refractivity contribution in [1.82, 2.24) is 0 Å². The maximum atomic E-state index is 13.2. The van der Waals surface area contributed by atoms with Gasteiger partial charge in [-0.2, -0.15) is 0 Å². The van der Waals surface area contributed by atoms with Gasteiger partial charge in [0.15, 0.2) is 0 Å². The van der Waals surface area contributed by atoms with Gasteiger partial charge in [0.2, 0.25) is 15.9 Å². The Morgan fingerprint density at radius 3 is 2.47 bits per heavy atom. The van der Waals surface area contributed by atoms with E-state index in [1.165, 1.54) is 0 Å². The lowest BCUT2D eigenvalue weighted by atomic mass is 9.89. The first-order valence-corrected chi connectivity index (χ1v) is 7.26. The third kappa shape index (κ3) is 3.74. The summed E-state index contributed by atoms with van der Waals surface area (Å²) in [5.74, 6) is -1.05. The minimum absolute atomic E-state index is 0.144. The van der Waals surface area contributed by atoms with Crippen LogP contribution in [-0.2, 0) is 14.8 Å². The van der Waals surface area contributed by atoms with E-state index in [1.54, 1.807) is 13.8 Å².